The van der Waals surface area contributed by atoms with Crippen molar-refractivity contribution in [2.24, 2.45) is 5.73 Å². The summed E-state index contributed by atoms with van der Waals surface area (Å²) >= 11 is 1.76. The summed E-state index contributed by atoms with van der Waals surface area (Å²) in [6.45, 7) is 0. The second kappa shape index (κ2) is 4.99. The zero-order valence-corrected chi connectivity index (χ0v) is 12.3. The highest BCUT2D eigenvalue weighted by Gasteiger charge is 2.15. The first-order chi connectivity index (χ1) is 10.3. The zero-order valence-electron chi connectivity index (χ0n) is 11.5. The van der Waals surface area contributed by atoms with Gasteiger partial charge in [-0.25, -0.2) is 0 Å². The maximum Gasteiger partial charge on any atom is 0.0572 e. The van der Waals surface area contributed by atoms with Crippen molar-refractivity contribution in [3.63, 3.8) is 0 Å². The molecule has 1 aromatic heterocycles. The van der Waals surface area contributed by atoms with Crippen LogP contribution in [0, 0.1) is 0 Å². The normalized spacial score (nSPS) is 12.8. The molecule has 1 unspecified atom stereocenters. The first-order valence-corrected chi connectivity index (χ1v) is 7.92. The van der Waals surface area contributed by atoms with E-state index in [0.717, 1.165) is 0 Å². The summed E-state index contributed by atoms with van der Waals surface area (Å²) in [7, 11) is 0. The Hall–Kier alpha value is -2.16. The summed E-state index contributed by atoms with van der Waals surface area (Å²) in [6, 6.07) is 23.2. The lowest BCUT2D eigenvalue weighted by Gasteiger charge is -2.16. The standard InChI is InChI=1S/C19H15NS/c20-18(17-10-4-7-14-11-12-21-19(14)17)16-9-3-6-13-5-1-2-8-15(13)16/h1-12,18H,20H2. The van der Waals surface area contributed by atoms with Crippen LogP contribution in [0.1, 0.15) is 17.2 Å². The molecular formula is C19H15NS. The van der Waals surface area contributed by atoms with E-state index in [9.17, 15) is 0 Å². The lowest BCUT2D eigenvalue weighted by Crippen LogP contribution is -2.12. The number of thiophene rings is 1. The molecule has 4 rings (SSSR count). The molecule has 4 aromatic rings. The molecule has 0 fully saturated rings. The molecule has 0 saturated carbocycles. The van der Waals surface area contributed by atoms with Crippen LogP contribution >= 0.6 is 11.3 Å². The minimum Gasteiger partial charge on any atom is -0.320 e. The van der Waals surface area contributed by atoms with Gasteiger partial charge in [-0.1, -0.05) is 60.7 Å². The highest BCUT2D eigenvalue weighted by atomic mass is 32.1. The van der Waals surface area contributed by atoms with Crippen LogP contribution < -0.4 is 5.73 Å². The van der Waals surface area contributed by atoms with Crippen LogP contribution in [0.5, 0.6) is 0 Å². The van der Waals surface area contributed by atoms with E-state index < -0.39 is 0 Å². The number of hydrogen-bond donors (Lipinski definition) is 1. The van der Waals surface area contributed by atoms with Gasteiger partial charge in [0.2, 0.25) is 0 Å². The summed E-state index contributed by atoms with van der Waals surface area (Å²) in [5, 5.41) is 5.88. The van der Waals surface area contributed by atoms with Gasteiger partial charge < -0.3 is 5.73 Å². The van der Waals surface area contributed by atoms with E-state index >= 15 is 0 Å². The highest BCUT2D eigenvalue weighted by molar-refractivity contribution is 7.17. The summed E-state index contributed by atoms with van der Waals surface area (Å²) in [4.78, 5) is 0. The Labute approximate surface area is 127 Å². The van der Waals surface area contributed by atoms with Gasteiger partial charge in [0.15, 0.2) is 0 Å². The third kappa shape index (κ3) is 2.04. The lowest BCUT2D eigenvalue weighted by atomic mass is 9.94. The van der Waals surface area contributed by atoms with Gasteiger partial charge in [0.05, 0.1) is 6.04 Å². The monoisotopic (exact) mass is 289 g/mol. The quantitative estimate of drug-likeness (QED) is 0.545. The Bertz CT molecular complexity index is 918. The molecule has 2 heteroatoms. The van der Waals surface area contributed by atoms with Crippen molar-refractivity contribution in [1.82, 2.24) is 0 Å². The van der Waals surface area contributed by atoms with E-state index in [2.05, 4.69) is 72.1 Å². The van der Waals surface area contributed by atoms with Crippen LogP contribution in [-0.2, 0) is 0 Å². The summed E-state index contributed by atoms with van der Waals surface area (Å²) in [5.74, 6) is 0. The predicted molar refractivity (Wildman–Crippen MR) is 91.8 cm³/mol. The molecule has 0 amide bonds. The average Bonchev–Trinajstić information content (AvgIpc) is 3.02. The van der Waals surface area contributed by atoms with Gasteiger partial charge in [-0.05, 0) is 38.7 Å². The summed E-state index contributed by atoms with van der Waals surface area (Å²) in [5.41, 5.74) is 9.01. The van der Waals surface area contributed by atoms with Gasteiger partial charge in [-0.2, -0.15) is 0 Å². The third-order valence-electron chi connectivity index (χ3n) is 4.00. The van der Waals surface area contributed by atoms with E-state index in [0.29, 0.717) is 0 Å². The smallest absolute Gasteiger partial charge is 0.0572 e. The zero-order chi connectivity index (χ0) is 14.2. The maximum absolute atomic E-state index is 6.61. The van der Waals surface area contributed by atoms with Gasteiger partial charge >= 0.3 is 0 Å². The third-order valence-corrected chi connectivity index (χ3v) is 4.98. The SMILES string of the molecule is NC(c1cccc2ccccc12)c1cccc2ccsc12. The van der Waals surface area contributed by atoms with Crippen molar-refractivity contribution in [1.29, 1.82) is 0 Å². The summed E-state index contributed by atoms with van der Waals surface area (Å²) in [6.07, 6.45) is 0. The van der Waals surface area contributed by atoms with E-state index in [-0.39, 0.29) is 6.04 Å². The molecule has 2 N–H and O–H groups in total. The Morgan fingerprint density at radius 3 is 2.33 bits per heavy atom. The predicted octanol–water partition coefficient (Wildman–Crippen LogP) is 5.10. The number of benzene rings is 3. The number of rotatable bonds is 2. The lowest BCUT2D eigenvalue weighted by molar-refractivity contribution is 0.892. The topological polar surface area (TPSA) is 26.0 Å². The molecule has 21 heavy (non-hydrogen) atoms. The molecule has 0 radical (unpaired) electrons. The fourth-order valence-electron chi connectivity index (χ4n) is 2.95. The molecule has 3 aromatic carbocycles. The van der Waals surface area contributed by atoms with Gasteiger partial charge in [0.25, 0.3) is 0 Å². The first kappa shape index (κ1) is 12.6. The van der Waals surface area contributed by atoms with E-state index in [4.69, 9.17) is 5.73 Å². The van der Waals surface area contributed by atoms with Crippen LogP contribution in [0.15, 0.2) is 72.1 Å². The van der Waals surface area contributed by atoms with Crippen molar-refractivity contribution in [2.45, 2.75) is 6.04 Å². The minimum absolute atomic E-state index is 0.0987. The Morgan fingerprint density at radius 2 is 1.43 bits per heavy atom. The molecule has 102 valence electrons. The molecule has 0 aliphatic heterocycles. The van der Waals surface area contributed by atoms with E-state index in [1.165, 1.54) is 32.0 Å². The van der Waals surface area contributed by atoms with Crippen molar-refractivity contribution in [2.75, 3.05) is 0 Å². The van der Waals surface area contributed by atoms with Crippen LogP contribution in [0.3, 0.4) is 0 Å². The fourth-order valence-corrected chi connectivity index (χ4v) is 3.90. The molecule has 0 aliphatic carbocycles. The van der Waals surface area contributed by atoms with Crippen LogP contribution in [0.2, 0.25) is 0 Å². The van der Waals surface area contributed by atoms with Gasteiger partial charge in [0.1, 0.15) is 0 Å². The number of hydrogen-bond acceptors (Lipinski definition) is 2. The highest BCUT2D eigenvalue weighted by Crippen LogP contribution is 2.33. The molecule has 0 aliphatic rings. The molecule has 1 atom stereocenters. The van der Waals surface area contributed by atoms with E-state index in [1.807, 2.05) is 0 Å². The molecular weight excluding hydrogens is 274 g/mol. The first-order valence-electron chi connectivity index (χ1n) is 7.04. The minimum atomic E-state index is -0.0987. The Morgan fingerprint density at radius 1 is 0.714 bits per heavy atom. The fraction of sp³-hybridized carbons (Fsp3) is 0.0526. The second-order valence-corrected chi connectivity index (χ2v) is 6.15. The second-order valence-electron chi connectivity index (χ2n) is 5.23. The molecule has 0 spiro atoms. The van der Waals surface area contributed by atoms with E-state index in [1.54, 1.807) is 11.3 Å². The Kier molecular flexibility index (Phi) is 2.99. The molecule has 1 nitrogen and oxygen atoms in total. The van der Waals surface area contributed by atoms with Crippen LogP contribution in [-0.4, -0.2) is 0 Å². The molecule has 1 heterocycles. The summed E-state index contributed by atoms with van der Waals surface area (Å²) < 4.78 is 1.29. The van der Waals surface area contributed by atoms with Gasteiger partial charge in [0, 0.05) is 4.70 Å². The van der Waals surface area contributed by atoms with Crippen LogP contribution in [0.25, 0.3) is 20.9 Å². The number of fused-ring (bicyclic) bond motifs is 2. The van der Waals surface area contributed by atoms with Gasteiger partial charge in [-0.3, -0.25) is 0 Å². The Balaban J connectivity index is 1.94. The average molecular weight is 289 g/mol. The van der Waals surface area contributed by atoms with Crippen molar-refractivity contribution in [3.05, 3.63) is 83.2 Å². The van der Waals surface area contributed by atoms with Crippen molar-refractivity contribution >= 4 is 32.2 Å². The van der Waals surface area contributed by atoms with Crippen molar-refractivity contribution < 1.29 is 0 Å². The molecule has 0 bridgehead atoms. The van der Waals surface area contributed by atoms with Crippen LogP contribution in [0.4, 0.5) is 0 Å². The largest absolute Gasteiger partial charge is 0.320 e. The van der Waals surface area contributed by atoms with Crippen molar-refractivity contribution in [3.8, 4) is 0 Å². The molecule has 0 saturated heterocycles. The number of nitrogens with two attached hydrogens (primary N) is 1. The maximum atomic E-state index is 6.61. The van der Waals surface area contributed by atoms with Gasteiger partial charge in [-0.15, -0.1) is 11.3 Å².